The molecule has 4 heterocycles. The predicted octanol–water partition coefficient (Wildman–Crippen LogP) is -0.333. The number of aromatic nitrogens is 5. The fourth-order valence-electron chi connectivity index (χ4n) is 2.87. The summed E-state index contributed by atoms with van der Waals surface area (Å²) in [6, 6.07) is 0. The van der Waals surface area contributed by atoms with Crippen molar-refractivity contribution < 1.29 is 9.18 Å². The van der Waals surface area contributed by atoms with Gasteiger partial charge >= 0.3 is 0 Å². The summed E-state index contributed by atoms with van der Waals surface area (Å²) in [7, 11) is 1.63. The maximum absolute atomic E-state index is 14.3. The van der Waals surface area contributed by atoms with E-state index < -0.39 is 5.82 Å². The van der Waals surface area contributed by atoms with E-state index in [1.54, 1.807) is 11.9 Å². The van der Waals surface area contributed by atoms with Crippen molar-refractivity contribution in [2.45, 2.75) is 6.42 Å². The van der Waals surface area contributed by atoms with E-state index in [2.05, 4.69) is 25.4 Å². The van der Waals surface area contributed by atoms with Crippen LogP contribution < -0.4 is 10.2 Å². The van der Waals surface area contributed by atoms with Gasteiger partial charge in [-0.3, -0.25) is 4.79 Å². The molecule has 0 aromatic carbocycles. The Bertz CT molecular complexity index is 797. The minimum atomic E-state index is -0.586. The van der Waals surface area contributed by atoms with E-state index in [0.717, 1.165) is 38.8 Å². The summed E-state index contributed by atoms with van der Waals surface area (Å²) in [4.78, 5) is 28.6. The van der Waals surface area contributed by atoms with Crippen molar-refractivity contribution in [1.29, 1.82) is 0 Å². The normalized spacial score (nSPS) is 17.5. The number of hydrogen-bond donors (Lipinski definition) is 1. The molecule has 1 amide bonds. The molecule has 2 aliphatic heterocycles. The maximum Gasteiger partial charge on any atom is 0.293 e. The van der Waals surface area contributed by atoms with Crippen LogP contribution >= 0.6 is 0 Å². The highest BCUT2D eigenvalue weighted by molar-refractivity contribution is 5.91. The lowest BCUT2D eigenvalue weighted by Crippen LogP contribution is -2.44. The number of nitrogens with zero attached hydrogens (tertiary/aromatic N) is 7. The average molecular weight is 346 g/mol. The molecule has 0 unspecified atom stereocenters. The number of piperazine rings is 1. The Morgan fingerprint density at radius 1 is 1.20 bits per heavy atom. The summed E-state index contributed by atoms with van der Waals surface area (Å²) in [6.45, 7) is 4.58. The largest absolute Gasteiger partial charge is 0.338 e. The SMILES string of the molecule is Cn1nc(C(=O)N2CCC2)nc1-c1nc(N2CCNCC2)ncc1F. The Morgan fingerprint density at radius 3 is 2.64 bits per heavy atom. The molecular formula is C15H19FN8O. The molecule has 0 radical (unpaired) electrons. The van der Waals surface area contributed by atoms with Gasteiger partial charge in [0.15, 0.2) is 11.6 Å². The van der Waals surface area contributed by atoms with Crippen LogP contribution in [0.1, 0.15) is 17.0 Å². The molecule has 0 aliphatic carbocycles. The average Bonchev–Trinajstić information content (AvgIpc) is 2.96. The summed E-state index contributed by atoms with van der Waals surface area (Å²) in [6.07, 6.45) is 2.13. The number of carbonyl (C=O) groups is 1. The minimum absolute atomic E-state index is 0.0567. The zero-order chi connectivity index (χ0) is 17.4. The Labute approximate surface area is 143 Å². The molecule has 2 saturated heterocycles. The van der Waals surface area contributed by atoms with Crippen LogP contribution in [-0.4, -0.2) is 74.8 Å². The number of anilines is 1. The highest BCUT2D eigenvalue weighted by Gasteiger charge is 2.27. The van der Waals surface area contributed by atoms with Crippen LogP contribution in [0.4, 0.5) is 10.3 Å². The van der Waals surface area contributed by atoms with Crippen LogP contribution in [0.2, 0.25) is 0 Å². The van der Waals surface area contributed by atoms with E-state index >= 15 is 0 Å². The van der Waals surface area contributed by atoms with E-state index in [-0.39, 0.29) is 23.2 Å². The van der Waals surface area contributed by atoms with Crippen molar-refractivity contribution in [2.24, 2.45) is 7.05 Å². The molecule has 25 heavy (non-hydrogen) atoms. The number of likely N-dealkylation sites (tertiary alicyclic amines) is 1. The summed E-state index contributed by atoms with van der Waals surface area (Å²) in [5, 5.41) is 7.39. The zero-order valence-electron chi connectivity index (χ0n) is 13.9. The number of nitrogens with one attached hydrogen (secondary N) is 1. The molecule has 0 bridgehead atoms. The third-order valence-electron chi connectivity index (χ3n) is 4.44. The lowest BCUT2D eigenvalue weighted by Gasteiger charge is -2.29. The Morgan fingerprint density at radius 2 is 1.96 bits per heavy atom. The van der Waals surface area contributed by atoms with Gasteiger partial charge in [0.05, 0.1) is 6.20 Å². The van der Waals surface area contributed by atoms with Gasteiger partial charge in [0, 0.05) is 46.3 Å². The zero-order valence-corrected chi connectivity index (χ0v) is 13.9. The first-order valence-corrected chi connectivity index (χ1v) is 8.32. The van der Waals surface area contributed by atoms with E-state index in [1.165, 1.54) is 4.68 Å². The molecule has 2 aromatic rings. The smallest absolute Gasteiger partial charge is 0.293 e. The van der Waals surface area contributed by atoms with Crippen LogP contribution in [0.25, 0.3) is 11.5 Å². The standard InChI is InChI=1S/C15H19FN8O/c1-22-13(20-12(21-22)14(25)23-5-2-6-23)11-10(16)9-18-15(19-11)24-7-3-17-4-8-24/h9,17H,2-8H2,1H3. The van der Waals surface area contributed by atoms with Gasteiger partial charge in [0.1, 0.15) is 5.69 Å². The van der Waals surface area contributed by atoms with Crippen LogP contribution in [0.3, 0.4) is 0 Å². The van der Waals surface area contributed by atoms with Crippen LogP contribution in [-0.2, 0) is 7.05 Å². The third-order valence-corrected chi connectivity index (χ3v) is 4.44. The summed E-state index contributed by atoms with van der Waals surface area (Å²) in [5.41, 5.74) is 0.0567. The van der Waals surface area contributed by atoms with Gasteiger partial charge in [-0.25, -0.2) is 24.0 Å². The lowest BCUT2D eigenvalue weighted by atomic mass is 10.2. The lowest BCUT2D eigenvalue weighted by molar-refractivity contribution is 0.0639. The van der Waals surface area contributed by atoms with E-state index in [4.69, 9.17) is 0 Å². The molecule has 0 spiro atoms. The van der Waals surface area contributed by atoms with Crippen LogP contribution in [0, 0.1) is 5.82 Å². The van der Waals surface area contributed by atoms with E-state index in [9.17, 15) is 9.18 Å². The Hall–Kier alpha value is -2.62. The monoisotopic (exact) mass is 346 g/mol. The topological polar surface area (TPSA) is 92.1 Å². The van der Waals surface area contributed by atoms with Crippen molar-refractivity contribution in [2.75, 3.05) is 44.2 Å². The highest BCUT2D eigenvalue weighted by Crippen LogP contribution is 2.21. The molecule has 10 heteroatoms. The maximum atomic E-state index is 14.3. The summed E-state index contributed by atoms with van der Waals surface area (Å²) in [5.74, 6) is -0.0714. The fourth-order valence-corrected chi connectivity index (χ4v) is 2.87. The fraction of sp³-hybridized carbons (Fsp3) is 0.533. The first-order chi connectivity index (χ1) is 12.1. The predicted molar refractivity (Wildman–Crippen MR) is 87.6 cm³/mol. The first kappa shape index (κ1) is 15.9. The minimum Gasteiger partial charge on any atom is -0.338 e. The third kappa shape index (κ3) is 2.93. The van der Waals surface area contributed by atoms with Gasteiger partial charge in [-0.15, -0.1) is 5.10 Å². The first-order valence-electron chi connectivity index (χ1n) is 8.32. The van der Waals surface area contributed by atoms with Crippen molar-refractivity contribution in [1.82, 2.24) is 34.9 Å². The Balaban J connectivity index is 1.66. The van der Waals surface area contributed by atoms with Gasteiger partial charge in [-0.1, -0.05) is 0 Å². The van der Waals surface area contributed by atoms with Gasteiger partial charge in [0.2, 0.25) is 11.8 Å². The number of carbonyl (C=O) groups excluding carboxylic acids is 1. The van der Waals surface area contributed by atoms with Crippen LogP contribution in [0.5, 0.6) is 0 Å². The molecule has 132 valence electrons. The van der Waals surface area contributed by atoms with Crippen molar-refractivity contribution in [3.63, 3.8) is 0 Å². The molecule has 4 rings (SSSR count). The number of rotatable bonds is 3. The molecule has 2 aromatic heterocycles. The van der Waals surface area contributed by atoms with Gasteiger partial charge in [-0.2, -0.15) is 0 Å². The second-order valence-corrected chi connectivity index (χ2v) is 6.13. The molecule has 0 saturated carbocycles. The number of hydrogen-bond acceptors (Lipinski definition) is 7. The molecule has 0 atom stereocenters. The van der Waals surface area contributed by atoms with Crippen molar-refractivity contribution in [3.8, 4) is 11.5 Å². The van der Waals surface area contributed by atoms with E-state index in [1.807, 2.05) is 4.90 Å². The molecule has 2 aliphatic rings. The van der Waals surface area contributed by atoms with Crippen molar-refractivity contribution in [3.05, 3.63) is 17.8 Å². The summed E-state index contributed by atoms with van der Waals surface area (Å²) >= 11 is 0. The molecular weight excluding hydrogens is 327 g/mol. The van der Waals surface area contributed by atoms with Crippen LogP contribution in [0.15, 0.2) is 6.20 Å². The van der Waals surface area contributed by atoms with Gasteiger partial charge < -0.3 is 15.1 Å². The van der Waals surface area contributed by atoms with E-state index in [0.29, 0.717) is 19.0 Å². The number of aryl methyl sites for hydroxylation is 1. The Kier molecular flexibility index (Phi) is 4.04. The molecule has 2 fully saturated rings. The quantitative estimate of drug-likeness (QED) is 0.813. The highest BCUT2D eigenvalue weighted by atomic mass is 19.1. The van der Waals surface area contributed by atoms with Gasteiger partial charge in [-0.05, 0) is 6.42 Å². The number of halogens is 1. The van der Waals surface area contributed by atoms with Gasteiger partial charge in [0.25, 0.3) is 5.91 Å². The molecule has 9 nitrogen and oxygen atoms in total. The summed E-state index contributed by atoms with van der Waals surface area (Å²) < 4.78 is 15.7. The second kappa shape index (κ2) is 6.36. The second-order valence-electron chi connectivity index (χ2n) is 6.13. The number of amides is 1. The molecule has 1 N–H and O–H groups in total. The van der Waals surface area contributed by atoms with Crippen molar-refractivity contribution >= 4 is 11.9 Å².